The summed E-state index contributed by atoms with van der Waals surface area (Å²) in [6, 6.07) is 3.98. The summed E-state index contributed by atoms with van der Waals surface area (Å²) < 4.78 is 14.2. The van der Waals surface area contributed by atoms with Gasteiger partial charge in [0.05, 0.1) is 18.8 Å². The molecule has 0 spiro atoms. The molecule has 28 heavy (non-hydrogen) atoms. The molecular weight excluding hydrogens is 359 g/mol. The Balaban J connectivity index is 2.01. The van der Waals surface area contributed by atoms with E-state index in [0.29, 0.717) is 16.7 Å². The first kappa shape index (κ1) is 19.0. The highest BCUT2D eigenvalue weighted by molar-refractivity contribution is 5.69. The van der Waals surface area contributed by atoms with E-state index in [1.54, 1.807) is 36.6 Å². The minimum absolute atomic E-state index is 0.0183. The molecule has 6 nitrogen and oxygen atoms in total. The second-order valence-electron chi connectivity index (χ2n) is 5.97. The Morgan fingerprint density at radius 3 is 2.57 bits per heavy atom. The molecule has 0 radical (unpaired) electrons. The molecule has 0 bridgehead atoms. The SMILES string of the molecule is O=C(O)N1Cc2c(F)cccc2C1C1=C/N=N/N/C=C/C=C/C=C\C=C\C=C\1. The van der Waals surface area contributed by atoms with E-state index in [2.05, 4.69) is 15.8 Å². The third-order valence-electron chi connectivity index (χ3n) is 4.21. The number of carbonyl (C=O) groups is 1. The largest absolute Gasteiger partial charge is 0.465 e. The van der Waals surface area contributed by atoms with Crippen LogP contribution in [0.1, 0.15) is 17.2 Å². The number of fused-ring (bicyclic) bond motifs is 1. The van der Waals surface area contributed by atoms with Gasteiger partial charge < -0.3 is 5.11 Å². The van der Waals surface area contributed by atoms with Gasteiger partial charge in [-0.25, -0.2) is 9.18 Å². The highest BCUT2D eigenvalue weighted by Gasteiger charge is 2.36. The highest BCUT2D eigenvalue weighted by atomic mass is 19.1. The monoisotopic (exact) mass is 378 g/mol. The van der Waals surface area contributed by atoms with Gasteiger partial charge in [-0.2, -0.15) is 0 Å². The zero-order chi connectivity index (χ0) is 19.8. The summed E-state index contributed by atoms with van der Waals surface area (Å²) in [4.78, 5) is 13.0. The smallest absolute Gasteiger partial charge is 0.408 e. The topological polar surface area (TPSA) is 77.3 Å². The predicted molar refractivity (Wildman–Crippen MR) is 104 cm³/mol. The molecule has 1 aromatic rings. The Morgan fingerprint density at radius 1 is 1.11 bits per heavy atom. The van der Waals surface area contributed by atoms with Gasteiger partial charge in [-0.15, -0.1) is 5.11 Å². The Morgan fingerprint density at radius 2 is 1.82 bits per heavy atom. The van der Waals surface area contributed by atoms with E-state index in [1.807, 2.05) is 36.5 Å². The van der Waals surface area contributed by atoms with Gasteiger partial charge in [0.1, 0.15) is 5.82 Å². The molecule has 1 aromatic carbocycles. The van der Waals surface area contributed by atoms with Crippen molar-refractivity contribution in [2.45, 2.75) is 12.6 Å². The van der Waals surface area contributed by atoms with Crippen LogP contribution in [0.25, 0.3) is 0 Å². The first-order valence-electron chi connectivity index (χ1n) is 8.64. The van der Waals surface area contributed by atoms with Crippen molar-refractivity contribution in [2.24, 2.45) is 10.3 Å². The summed E-state index contributed by atoms with van der Waals surface area (Å²) in [6.07, 6.45) is 18.3. The fourth-order valence-corrected chi connectivity index (χ4v) is 2.98. The van der Waals surface area contributed by atoms with Gasteiger partial charge in [0.2, 0.25) is 0 Å². The fourth-order valence-electron chi connectivity index (χ4n) is 2.98. The summed E-state index contributed by atoms with van der Waals surface area (Å²) >= 11 is 0. The number of nitrogens with zero attached hydrogens (tertiary/aromatic N) is 3. The molecule has 2 heterocycles. The van der Waals surface area contributed by atoms with E-state index in [9.17, 15) is 14.3 Å². The molecule has 1 atom stereocenters. The average molecular weight is 378 g/mol. The van der Waals surface area contributed by atoms with Gasteiger partial charge in [0.15, 0.2) is 0 Å². The van der Waals surface area contributed by atoms with Crippen LogP contribution in [0.2, 0.25) is 0 Å². The maximum absolute atomic E-state index is 14.2. The average Bonchev–Trinajstić information content (AvgIpc) is 3.06. The van der Waals surface area contributed by atoms with E-state index < -0.39 is 18.0 Å². The number of hydrogen-bond donors (Lipinski definition) is 2. The number of nitrogens with one attached hydrogen (secondary N) is 1. The van der Waals surface area contributed by atoms with E-state index in [1.165, 1.54) is 17.2 Å². The van der Waals surface area contributed by atoms with Crippen LogP contribution in [0.3, 0.4) is 0 Å². The van der Waals surface area contributed by atoms with Crippen molar-refractivity contribution in [2.75, 3.05) is 0 Å². The van der Waals surface area contributed by atoms with Crippen LogP contribution in [0.5, 0.6) is 0 Å². The second-order valence-corrected chi connectivity index (χ2v) is 5.97. The number of amides is 1. The first-order chi connectivity index (χ1) is 13.7. The molecule has 0 fully saturated rings. The molecular formula is C21H19FN4O2. The lowest BCUT2D eigenvalue weighted by molar-refractivity contribution is 0.136. The second kappa shape index (κ2) is 9.27. The Labute approximate surface area is 162 Å². The van der Waals surface area contributed by atoms with E-state index in [0.717, 1.165) is 0 Å². The van der Waals surface area contributed by atoms with Crippen LogP contribution in [-0.2, 0) is 6.54 Å². The van der Waals surface area contributed by atoms with Gasteiger partial charge in [-0.1, -0.05) is 66.0 Å². The van der Waals surface area contributed by atoms with Gasteiger partial charge in [-0.3, -0.25) is 10.3 Å². The molecule has 0 saturated heterocycles. The number of carboxylic acid groups (broad SMARTS) is 1. The number of benzene rings is 1. The van der Waals surface area contributed by atoms with Crippen LogP contribution in [-0.4, -0.2) is 16.1 Å². The van der Waals surface area contributed by atoms with Crippen LogP contribution >= 0.6 is 0 Å². The zero-order valence-corrected chi connectivity index (χ0v) is 14.9. The summed E-state index contributed by atoms with van der Waals surface area (Å²) in [5.74, 6) is -0.418. The summed E-state index contributed by atoms with van der Waals surface area (Å²) in [7, 11) is 0. The molecule has 1 amide bonds. The summed E-state index contributed by atoms with van der Waals surface area (Å²) in [6.45, 7) is -0.0183. The molecule has 3 rings (SSSR count). The molecule has 2 aliphatic heterocycles. The Bertz CT molecular complexity index is 942. The third-order valence-corrected chi connectivity index (χ3v) is 4.21. The quantitative estimate of drug-likeness (QED) is 0.726. The van der Waals surface area contributed by atoms with Gasteiger partial charge in [0.25, 0.3) is 0 Å². The lowest BCUT2D eigenvalue weighted by atomic mass is 9.98. The Kier molecular flexibility index (Phi) is 6.30. The first-order valence-corrected chi connectivity index (χ1v) is 8.64. The van der Waals surface area contributed by atoms with Crippen molar-refractivity contribution in [1.29, 1.82) is 0 Å². The predicted octanol–water partition coefficient (Wildman–Crippen LogP) is 4.95. The number of halogens is 1. The lowest BCUT2D eigenvalue weighted by Gasteiger charge is -2.23. The van der Waals surface area contributed by atoms with Gasteiger partial charge in [-0.05, 0) is 23.3 Å². The van der Waals surface area contributed by atoms with E-state index >= 15 is 0 Å². The maximum Gasteiger partial charge on any atom is 0.408 e. The van der Waals surface area contributed by atoms with E-state index in [-0.39, 0.29) is 6.54 Å². The number of hydrogen-bond acceptors (Lipinski definition) is 4. The molecule has 0 aliphatic carbocycles. The molecule has 2 N–H and O–H groups in total. The Hall–Kier alpha value is -3.74. The molecule has 2 aliphatic rings. The van der Waals surface area contributed by atoms with Crippen molar-refractivity contribution in [3.63, 3.8) is 0 Å². The lowest BCUT2D eigenvalue weighted by Crippen LogP contribution is -2.28. The molecule has 0 aromatic heterocycles. The van der Waals surface area contributed by atoms with Gasteiger partial charge >= 0.3 is 6.09 Å². The third kappa shape index (κ3) is 4.50. The van der Waals surface area contributed by atoms with Crippen LogP contribution in [0.15, 0.2) is 101 Å². The van der Waals surface area contributed by atoms with Crippen molar-refractivity contribution in [3.05, 3.63) is 108 Å². The highest BCUT2D eigenvalue weighted by Crippen LogP contribution is 2.40. The van der Waals surface area contributed by atoms with Crippen LogP contribution < -0.4 is 5.43 Å². The summed E-state index contributed by atoms with van der Waals surface area (Å²) in [5.41, 5.74) is 4.21. The normalized spacial score (nSPS) is 27.7. The zero-order valence-electron chi connectivity index (χ0n) is 14.9. The molecule has 7 heteroatoms. The number of allylic oxidation sites excluding steroid dienone is 8. The minimum atomic E-state index is -1.13. The van der Waals surface area contributed by atoms with Crippen molar-refractivity contribution in [1.82, 2.24) is 10.3 Å². The van der Waals surface area contributed by atoms with Crippen LogP contribution in [0, 0.1) is 5.82 Å². The maximum atomic E-state index is 14.2. The van der Waals surface area contributed by atoms with Crippen LogP contribution in [0.4, 0.5) is 9.18 Å². The molecule has 0 saturated carbocycles. The summed E-state index contributed by atoms with van der Waals surface area (Å²) in [5, 5.41) is 17.4. The van der Waals surface area contributed by atoms with E-state index in [4.69, 9.17) is 0 Å². The fraction of sp³-hybridized carbons (Fsp3) is 0.0952. The molecule has 1 unspecified atom stereocenters. The van der Waals surface area contributed by atoms with Crippen molar-refractivity contribution < 1.29 is 14.3 Å². The molecule has 142 valence electrons. The number of rotatable bonds is 1. The van der Waals surface area contributed by atoms with Crippen molar-refractivity contribution in [3.8, 4) is 0 Å². The van der Waals surface area contributed by atoms with Gasteiger partial charge in [0, 0.05) is 11.8 Å². The minimum Gasteiger partial charge on any atom is -0.465 e. The van der Waals surface area contributed by atoms with Crippen molar-refractivity contribution >= 4 is 6.09 Å². The standard InChI is InChI=1S/C21H19FN4O2/c22-19-12-9-11-17-18(19)15-26(21(27)28)20(17)16-10-7-5-3-1-2-4-6-8-13-23-25-24-14-16/h1-14,20H,15H2,(H,23,24)(H,27,28)/b2-1-,5-3+,6-4+,10-7+,13-8+,16-14+.